The number of aromatic nitrogens is 2. The molecule has 7 nitrogen and oxygen atoms in total. The van der Waals surface area contributed by atoms with Crippen molar-refractivity contribution in [3.63, 3.8) is 0 Å². The molecule has 5 N–H and O–H groups in total. The molecule has 1 aliphatic rings. The maximum absolute atomic E-state index is 13.0. The average Bonchev–Trinajstić information content (AvgIpc) is 3.53. The van der Waals surface area contributed by atoms with Crippen LogP contribution in [0.3, 0.4) is 0 Å². The standard InChI is InChI=1S/C28H33N5O2/c1-4-14-30-24-16-22(25(34)31-19(2)10-11-20-12-13-20)15-23(17-24)26-32-33-27(35-26)28(3,29)18-21-8-6-5-7-9-21/h5-9,15-17,19-20,30H,4,12-14,18,29H2,1-3H3,(H,31,34)/p+1. The molecule has 2 unspecified atom stereocenters. The first-order valence-electron chi connectivity index (χ1n) is 12.3. The molecule has 1 saturated carbocycles. The predicted octanol–water partition coefficient (Wildman–Crippen LogP) is 3.29. The molecule has 0 radical (unpaired) electrons. The molecular formula is C28H34N5O2+. The van der Waals surface area contributed by atoms with E-state index in [1.807, 2.05) is 56.3 Å². The first kappa shape index (κ1) is 24.6. The van der Waals surface area contributed by atoms with Crippen LogP contribution in [0.25, 0.3) is 11.5 Å². The zero-order valence-corrected chi connectivity index (χ0v) is 20.7. The highest BCUT2D eigenvalue weighted by Crippen LogP contribution is 2.28. The maximum atomic E-state index is 13.0. The number of hydrogen-bond acceptors (Lipinski definition) is 5. The van der Waals surface area contributed by atoms with Crippen LogP contribution in [0.15, 0.2) is 52.9 Å². The molecule has 7 heteroatoms. The minimum Gasteiger partial charge on any atom is -0.419 e. The van der Waals surface area contributed by atoms with Crippen LogP contribution in [0.2, 0.25) is 0 Å². The number of quaternary nitrogens is 1. The summed E-state index contributed by atoms with van der Waals surface area (Å²) < 4.78 is 6.04. The van der Waals surface area contributed by atoms with Crippen LogP contribution in [-0.4, -0.2) is 28.7 Å². The van der Waals surface area contributed by atoms with Crippen molar-refractivity contribution in [2.75, 3.05) is 6.54 Å². The molecule has 0 aliphatic heterocycles. The summed E-state index contributed by atoms with van der Waals surface area (Å²) in [6.45, 7) is 6.81. The fraction of sp³-hybridized carbons (Fsp3) is 0.393. The van der Waals surface area contributed by atoms with Crippen LogP contribution in [0, 0.1) is 17.8 Å². The molecule has 182 valence electrons. The van der Waals surface area contributed by atoms with Gasteiger partial charge in [-0.25, -0.2) is 0 Å². The molecule has 1 aliphatic carbocycles. The number of benzene rings is 2. The van der Waals surface area contributed by atoms with Crippen LogP contribution in [0.5, 0.6) is 0 Å². The van der Waals surface area contributed by atoms with Gasteiger partial charge in [-0.3, -0.25) is 4.79 Å². The highest BCUT2D eigenvalue weighted by Gasteiger charge is 2.29. The summed E-state index contributed by atoms with van der Waals surface area (Å²) >= 11 is 0. The number of nitrogens with zero attached hydrogens (tertiary/aromatic N) is 2. The summed E-state index contributed by atoms with van der Waals surface area (Å²) in [4.78, 5) is 13.0. The van der Waals surface area contributed by atoms with Crippen LogP contribution < -0.4 is 16.4 Å². The Morgan fingerprint density at radius 2 is 2.03 bits per heavy atom. The van der Waals surface area contributed by atoms with Crippen molar-refractivity contribution < 1.29 is 14.5 Å². The van der Waals surface area contributed by atoms with Crippen molar-refractivity contribution in [3.8, 4) is 23.3 Å². The summed E-state index contributed by atoms with van der Waals surface area (Å²) in [6, 6.07) is 15.4. The Bertz CT molecular complexity index is 1220. The lowest BCUT2D eigenvalue weighted by molar-refractivity contribution is -0.571. The van der Waals surface area contributed by atoms with Crippen LogP contribution in [0.1, 0.15) is 61.8 Å². The van der Waals surface area contributed by atoms with E-state index in [4.69, 9.17) is 10.2 Å². The molecular weight excluding hydrogens is 438 g/mol. The van der Waals surface area contributed by atoms with Crippen LogP contribution in [-0.2, 0) is 12.0 Å². The summed E-state index contributed by atoms with van der Waals surface area (Å²) in [5.74, 6) is 7.36. The van der Waals surface area contributed by atoms with Crippen molar-refractivity contribution in [3.05, 3.63) is 65.5 Å². The molecule has 1 aromatic heterocycles. The molecule has 1 amide bonds. The smallest absolute Gasteiger partial charge is 0.252 e. The van der Waals surface area contributed by atoms with Crippen molar-refractivity contribution in [2.45, 2.75) is 58.0 Å². The minimum absolute atomic E-state index is 0.178. The highest BCUT2D eigenvalue weighted by atomic mass is 16.4. The minimum atomic E-state index is -0.825. The number of carbonyl (C=O) groups is 1. The first-order chi connectivity index (χ1) is 16.8. The fourth-order valence-corrected chi connectivity index (χ4v) is 3.79. The number of nitrogens with two attached hydrogens (primary N) is 2. The molecule has 2 aromatic carbocycles. The zero-order chi connectivity index (χ0) is 24.8. The summed E-state index contributed by atoms with van der Waals surface area (Å²) in [5.41, 5.74) is 8.98. The second-order valence-electron chi connectivity index (χ2n) is 9.59. The van der Waals surface area contributed by atoms with Gasteiger partial charge in [0.15, 0.2) is 0 Å². The van der Waals surface area contributed by atoms with Gasteiger partial charge in [0.1, 0.15) is 5.69 Å². The Labute approximate surface area is 206 Å². The highest BCUT2D eigenvalue weighted by molar-refractivity contribution is 5.96. The molecule has 35 heavy (non-hydrogen) atoms. The van der Waals surface area contributed by atoms with Gasteiger partial charge in [0.2, 0.25) is 11.8 Å². The Balaban J connectivity index is 1.57. The van der Waals surface area contributed by atoms with Gasteiger partial charge in [0, 0.05) is 29.2 Å². The third-order valence-corrected chi connectivity index (χ3v) is 5.89. The van der Waals surface area contributed by atoms with Crippen molar-refractivity contribution in [2.24, 2.45) is 11.7 Å². The van der Waals surface area contributed by atoms with E-state index in [1.54, 1.807) is 6.07 Å². The van der Waals surface area contributed by atoms with Gasteiger partial charge in [0.05, 0.1) is 18.1 Å². The molecule has 0 saturated heterocycles. The topological polar surface area (TPSA) is 111 Å². The molecule has 1 heterocycles. The van der Waals surface area contributed by atoms with Crippen molar-refractivity contribution in [1.82, 2.24) is 15.5 Å². The third-order valence-electron chi connectivity index (χ3n) is 5.89. The Morgan fingerprint density at radius 1 is 1.26 bits per heavy atom. The number of nitrogens with one attached hydrogen (secondary N) is 1. The maximum Gasteiger partial charge on any atom is 0.252 e. The molecule has 4 rings (SSSR count). The van der Waals surface area contributed by atoms with E-state index >= 15 is 0 Å². The van der Waals surface area contributed by atoms with Gasteiger partial charge >= 0.3 is 0 Å². The lowest BCUT2D eigenvalue weighted by atomic mass is 9.94. The Hall–Kier alpha value is -3.47. The van der Waals surface area contributed by atoms with Crippen molar-refractivity contribution in [1.29, 1.82) is 0 Å². The van der Waals surface area contributed by atoms with E-state index in [9.17, 15) is 4.79 Å². The summed E-state index contributed by atoms with van der Waals surface area (Å²) in [7, 11) is 0. The predicted molar refractivity (Wildman–Crippen MR) is 136 cm³/mol. The summed E-state index contributed by atoms with van der Waals surface area (Å²) in [6.07, 6.45) is 3.89. The van der Waals surface area contributed by atoms with Gasteiger partial charge < -0.3 is 20.8 Å². The number of hydrogen-bond donors (Lipinski definition) is 3. The zero-order valence-electron chi connectivity index (χ0n) is 20.7. The van der Waals surface area contributed by atoms with Crippen LogP contribution in [0.4, 0.5) is 5.69 Å². The molecule has 0 spiro atoms. The summed E-state index contributed by atoms with van der Waals surface area (Å²) in [5, 5.41) is 13.6. The van der Waals surface area contributed by atoms with E-state index in [0.717, 1.165) is 37.1 Å². The second kappa shape index (κ2) is 10.9. The normalized spacial score (nSPS) is 15.5. The monoisotopic (exact) mass is 472 g/mol. The second-order valence-corrected chi connectivity index (χ2v) is 9.59. The van der Waals surface area contributed by atoms with Gasteiger partial charge in [-0.15, -0.1) is 10.2 Å². The fourth-order valence-electron chi connectivity index (χ4n) is 3.79. The lowest BCUT2D eigenvalue weighted by Crippen LogP contribution is -2.77. The first-order valence-corrected chi connectivity index (χ1v) is 12.3. The third kappa shape index (κ3) is 6.78. The van der Waals surface area contributed by atoms with E-state index in [-0.39, 0.29) is 11.9 Å². The van der Waals surface area contributed by atoms with E-state index in [0.29, 0.717) is 35.2 Å². The van der Waals surface area contributed by atoms with Gasteiger partial charge in [-0.1, -0.05) is 49.1 Å². The number of amides is 1. The number of carbonyl (C=O) groups excluding carboxylic acids is 1. The Morgan fingerprint density at radius 3 is 2.74 bits per heavy atom. The van der Waals surface area contributed by atoms with Crippen LogP contribution >= 0.6 is 0 Å². The quantitative estimate of drug-likeness (QED) is 0.327. The molecule has 0 bridgehead atoms. The Kier molecular flexibility index (Phi) is 7.64. The van der Waals surface area contributed by atoms with Gasteiger partial charge in [-0.2, -0.15) is 0 Å². The lowest BCUT2D eigenvalue weighted by Gasteiger charge is -2.20. The average molecular weight is 473 g/mol. The SMILES string of the molecule is CCC[NH2+]c1cc(C(=O)NC(C)C#CC2CC2)cc(-c2nnc(C(C)(N)Cc3ccccc3)o2)c1. The van der Waals surface area contributed by atoms with E-state index in [1.165, 1.54) is 0 Å². The molecule has 3 aromatic rings. The van der Waals surface area contributed by atoms with E-state index in [2.05, 4.69) is 39.6 Å². The van der Waals surface area contributed by atoms with Gasteiger partial charge in [0.25, 0.3) is 5.91 Å². The molecule has 1 fully saturated rings. The largest absolute Gasteiger partial charge is 0.419 e. The van der Waals surface area contributed by atoms with E-state index < -0.39 is 5.54 Å². The number of rotatable bonds is 9. The molecule has 2 atom stereocenters. The van der Waals surface area contributed by atoms with Crippen molar-refractivity contribution >= 4 is 11.6 Å². The van der Waals surface area contributed by atoms with Gasteiger partial charge in [-0.05, 0) is 51.2 Å².